The van der Waals surface area contributed by atoms with Crippen LogP contribution in [0.1, 0.15) is 10.7 Å². The zero-order chi connectivity index (χ0) is 16.9. The molecule has 0 spiro atoms. The van der Waals surface area contributed by atoms with Crippen LogP contribution in [0.4, 0.5) is 4.79 Å². The van der Waals surface area contributed by atoms with Crippen molar-refractivity contribution < 1.29 is 19.5 Å². The highest BCUT2D eigenvalue weighted by atomic mass is 32.1. The number of ether oxygens (including phenoxy) is 1. The quantitative estimate of drug-likeness (QED) is 0.472. The first-order valence-electron chi connectivity index (χ1n) is 6.81. The minimum atomic E-state index is -0.651. The number of para-hydroxylation sites is 1. The highest BCUT2D eigenvalue weighted by molar-refractivity contribution is 7.18. The van der Waals surface area contributed by atoms with Crippen molar-refractivity contribution in [1.29, 1.82) is 0 Å². The molecule has 3 rings (SSSR count). The SMILES string of the molecule is O=C(Cc1csc(OC(=O)NCc2nc3ccccc3s2)n1)NO. The summed E-state index contributed by atoms with van der Waals surface area (Å²) in [6.07, 6.45) is -0.745. The Balaban J connectivity index is 1.53. The maximum absolute atomic E-state index is 11.8. The lowest BCUT2D eigenvalue weighted by molar-refractivity contribution is -0.128. The molecule has 24 heavy (non-hydrogen) atoms. The van der Waals surface area contributed by atoms with Crippen molar-refractivity contribution in [2.24, 2.45) is 0 Å². The molecule has 0 saturated heterocycles. The normalized spacial score (nSPS) is 10.5. The summed E-state index contributed by atoms with van der Waals surface area (Å²) in [4.78, 5) is 31.2. The summed E-state index contributed by atoms with van der Waals surface area (Å²) in [5.74, 6) is -0.591. The number of aromatic nitrogens is 2. The van der Waals surface area contributed by atoms with Gasteiger partial charge in [0.25, 0.3) is 5.19 Å². The fraction of sp³-hybridized carbons (Fsp3) is 0.143. The van der Waals surface area contributed by atoms with E-state index in [1.807, 2.05) is 24.3 Å². The summed E-state index contributed by atoms with van der Waals surface area (Å²) < 4.78 is 6.10. The molecule has 0 saturated carbocycles. The number of thiazole rings is 2. The fourth-order valence-corrected chi connectivity index (χ4v) is 3.45. The monoisotopic (exact) mass is 364 g/mol. The average Bonchev–Trinajstić information content (AvgIpc) is 3.19. The van der Waals surface area contributed by atoms with Crippen LogP contribution in [0.2, 0.25) is 0 Å². The van der Waals surface area contributed by atoms with Gasteiger partial charge >= 0.3 is 6.09 Å². The Labute approximate surface area is 144 Å². The number of hydroxylamine groups is 1. The van der Waals surface area contributed by atoms with Crippen LogP contribution in [-0.2, 0) is 17.8 Å². The summed E-state index contributed by atoms with van der Waals surface area (Å²) in [6.45, 7) is 0.253. The van der Waals surface area contributed by atoms with Gasteiger partial charge in [-0.15, -0.1) is 11.3 Å². The van der Waals surface area contributed by atoms with Gasteiger partial charge in [-0.25, -0.2) is 20.2 Å². The highest BCUT2D eigenvalue weighted by Crippen LogP contribution is 2.21. The second-order valence-electron chi connectivity index (χ2n) is 4.63. The number of amides is 2. The van der Waals surface area contributed by atoms with Crippen LogP contribution in [0.5, 0.6) is 5.19 Å². The van der Waals surface area contributed by atoms with Crippen molar-refractivity contribution in [2.75, 3.05) is 0 Å². The second kappa shape index (κ2) is 7.34. The van der Waals surface area contributed by atoms with Gasteiger partial charge in [-0.1, -0.05) is 23.5 Å². The van der Waals surface area contributed by atoms with E-state index in [-0.39, 0.29) is 18.2 Å². The summed E-state index contributed by atoms with van der Waals surface area (Å²) >= 11 is 2.58. The predicted octanol–water partition coefficient (Wildman–Crippen LogP) is 2.09. The molecule has 0 bridgehead atoms. The minimum Gasteiger partial charge on any atom is -0.381 e. The molecule has 124 valence electrons. The number of fused-ring (bicyclic) bond motifs is 1. The number of nitrogens with zero attached hydrogens (tertiary/aromatic N) is 2. The molecule has 1 aromatic carbocycles. The van der Waals surface area contributed by atoms with E-state index < -0.39 is 12.0 Å². The van der Waals surface area contributed by atoms with E-state index in [1.165, 1.54) is 16.8 Å². The Hall–Kier alpha value is -2.56. The summed E-state index contributed by atoms with van der Waals surface area (Å²) in [6, 6.07) is 7.72. The van der Waals surface area contributed by atoms with Gasteiger partial charge < -0.3 is 10.1 Å². The van der Waals surface area contributed by atoms with E-state index in [0.29, 0.717) is 5.69 Å². The second-order valence-corrected chi connectivity index (χ2v) is 6.57. The van der Waals surface area contributed by atoms with Crippen LogP contribution >= 0.6 is 22.7 Å². The van der Waals surface area contributed by atoms with Crippen molar-refractivity contribution >= 4 is 44.9 Å². The Bertz CT molecular complexity index is 843. The van der Waals surface area contributed by atoms with Crippen molar-refractivity contribution in [2.45, 2.75) is 13.0 Å². The Kier molecular flexibility index (Phi) is 4.99. The molecule has 2 amide bonds. The van der Waals surface area contributed by atoms with Gasteiger partial charge in [0.1, 0.15) is 5.01 Å². The van der Waals surface area contributed by atoms with E-state index in [0.717, 1.165) is 26.6 Å². The first kappa shape index (κ1) is 16.3. The maximum atomic E-state index is 11.8. The molecule has 8 nitrogen and oxygen atoms in total. The molecule has 0 aliphatic heterocycles. The number of nitrogens with one attached hydrogen (secondary N) is 2. The third-order valence-corrected chi connectivity index (χ3v) is 4.70. The number of carbonyl (C=O) groups excluding carboxylic acids is 2. The van der Waals surface area contributed by atoms with Crippen LogP contribution < -0.4 is 15.5 Å². The molecule has 3 N–H and O–H groups in total. The zero-order valence-electron chi connectivity index (χ0n) is 12.2. The topological polar surface area (TPSA) is 113 Å². The maximum Gasteiger partial charge on any atom is 0.414 e. The molecule has 3 aromatic rings. The fourth-order valence-electron chi connectivity index (χ4n) is 1.88. The van der Waals surface area contributed by atoms with Crippen LogP contribution in [0.15, 0.2) is 29.6 Å². The number of carbonyl (C=O) groups is 2. The Morgan fingerprint density at radius 1 is 1.25 bits per heavy atom. The molecule has 0 aliphatic rings. The van der Waals surface area contributed by atoms with E-state index in [1.54, 1.807) is 5.38 Å². The van der Waals surface area contributed by atoms with Crippen LogP contribution in [-0.4, -0.2) is 27.2 Å². The molecular formula is C14H12N4O4S2. The lowest BCUT2D eigenvalue weighted by Crippen LogP contribution is -2.26. The van der Waals surface area contributed by atoms with Gasteiger partial charge in [0.2, 0.25) is 5.91 Å². The lowest BCUT2D eigenvalue weighted by Gasteiger charge is -2.01. The summed E-state index contributed by atoms with van der Waals surface area (Å²) in [5.41, 5.74) is 2.80. The molecule has 2 heterocycles. The summed E-state index contributed by atoms with van der Waals surface area (Å²) in [7, 11) is 0. The third-order valence-electron chi connectivity index (χ3n) is 2.90. The van der Waals surface area contributed by atoms with Gasteiger partial charge in [0.15, 0.2) is 0 Å². The number of rotatable bonds is 5. The molecule has 2 aromatic heterocycles. The van der Waals surface area contributed by atoms with Crippen molar-refractivity contribution in [1.82, 2.24) is 20.8 Å². The smallest absolute Gasteiger partial charge is 0.381 e. The molecule has 0 radical (unpaired) electrons. The van der Waals surface area contributed by atoms with Crippen LogP contribution in [0.3, 0.4) is 0 Å². The molecule has 0 atom stereocenters. The van der Waals surface area contributed by atoms with Gasteiger partial charge in [0, 0.05) is 5.38 Å². The van der Waals surface area contributed by atoms with Crippen molar-refractivity contribution in [3.63, 3.8) is 0 Å². The van der Waals surface area contributed by atoms with E-state index in [2.05, 4.69) is 15.3 Å². The number of benzene rings is 1. The molecule has 10 heteroatoms. The van der Waals surface area contributed by atoms with E-state index in [4.69, 9.17) is 9.94 Å². The average molecular weight is 364 g/mol. The third kappa shape index (κ3) is 4.04. The Morgan fingerprint density at radius 2 is 2.08 bits per heavy atom. The van der Waals surface area contributed by atoms with Crippen molar-refractivity contribution in [3.05, 3.63) is 40.3 Å². The lowest BCUT2D eigenvalue weighted by atomic mass is 10.3. The predicted molar refractivity (Wildman–Crippen MR) is 88.2 cm³/mol. The van der Waals surface area contributed by atoms with Crippen molar-refractivity contribution in [3.8, 4) is 5.19 Å². The van der Waals surface area contributed by atoms with E-state index in [9.17, 15) is 9.59 Å². The zero-order valence-corrected chi connectivity index (χ0v) is 13.8. The molecule has 0 aliphatic carbocycles. The number of hydrogen-bond acceptors (Lipinski definition) is 8. The van der Waals surface area contributed by atoms with Gasteiger partial charge in [-0.3, -0.25) is 10.0 Å². The first-order valence-corrected chi connectivity index (χ1v) is 8.51. The molecule has 0 unspecified atom stereocenters. The highest BCUT2D eigenvalue weighted by Gasteiger charge is 2.12. The standard InChI is InChI=1S/C14H12N4O4S2/c19-11(18-21)5-8-7-23-14(16-8)22-13(20)15-6-12-17-9-3-1-2-4-10(9)24-12/h1-4,7,21H,5-6H2,(H,15,20)(H,18,19). The van der Waals surface area contributed by atoms with Crippen LogP contribution in [0, 0.1) is 0 Å². The molecular weight excluding hydrogens is 352 g/mol. The minimum absolute atomic E-state index is 0.0936. The van der Waals surface area contributed by atoms with Crippen LogP contribution in [0.25, 0.3) is 10.2 Å². The van der Waals surface area contributed by atoms with E-state index >= 15 is 0 Å². The molecule has 0 fully saturated rings. The Morgan fingerprint density at radius 3 is 2.88 bits per heavy atom. The van der Waals surface area contributed by atoms with Gasteiger partial charge in [0.05, 0.1) is 28.9 Å². The first-order chi connectivity index (χ1) is 11.6. The largest absolute Gasteiger partial charge is 0.414 e. The van der Waals surface area contributed by atoms with Gasteiger partial charge in [-0.05, 0) is 12.1 Å². The number of hydrogen-bond donors (Lipinski definition) is 3. The summed E-state index contributed by atoms with van der Waals surface area (Å²) in [5, 5.41) is 13.5. The van der Waals surface area contributed by atoms with Gasteiger partial charge in [-0.2, -0.15) is 0 Å².